The second kappa shape index (κ2) is 8.18. The van der Waals surface area contributed by atoms with Gasteiger partial charge in [0.25, 0.3) is 5.91 Å². The monoisotopic (exact) mass is 305 g/mol. The van der Waals surface area contributed by atoms with E-state index in [4.69, 9.17) is 9.47 Å². The first-order chi connectivity index (χ1) is 10.5. The molecule has 1 aliphatic rings. The number of ether oxygens (including phenoxy) is 2. The van der Waals surface area contributed by atoms with Gasteiger partial charge in [0.2, 0.25) is 0 Å². The zero-order chi connectivity index (χ0) is 15.9. The van der Waals surface area contributed by atoms with Crippen molar-refractivity contribution in [3.05, 3.63) is 29.3 Å². The van der Waals surface area contributed by atoms with Crippen molar-refractivity contribution >= 4 is 5.91 Å². The summed E-state index contributed by atoms with van der Waals surface area (Å²) >= 11 is 0. The van der Waals surface area contributed by atoms with Gasteiger partial charge in [0.1, 0.15) is 5.75 Å². The highest BCUT2D eigenvalue weighted by Gasteiger charge is 2.17. The Morgan fingerprint density at radius 1 is 1.41 bits per heavy atom. The van der Waals surface area contributed by atoms with E-state index < -0.39 is 0 Å². The molecule has 0 unspecified atom stereocenters. The molecule has 2 atom stereocenters. The number of benzene rings is 1. The highest BCUT2D eigenvalue weighted by atomic mass is 16.5. The molecule has 1 aliphatic heterocycles. The van der Waals surface area contributed by atoms with Crippen LogP contribution in [0.5, 0.6) is 5.75 Å². The molecule has 1 aromatic rings. The summed E-state index contributed by atoms with van der Waals surface area (Å²) in [5.41, 5.74) is 2.39. The Kier molecular flexibility index (Phi) is 6.25. The fourth-order valence-corrected chi connectivity index (χ4v) is 2.65. The number of amides is 1. The normalized spacial score (nSPS) is 19.0. The number of nitrogens with one attached hydrogen (secondary N) is 1. The van der Waals surface area contributed by atoms with Gasteiger partial charge in [0.05, 0.1) is 6.10 Å². The van der Waals surface area contributed by atoms with Crippen LogP contribution in [0, 0.1) is 13.8 Å². The van der Waals surface area contributed by atoms with Gasteiger partial charge in [-0.25, -0.2) is 0 Å². The minimum atomic E-state index is -0.0712. The van der Waals surface area contributed by atoms with E-state index >= 15 is 0 Å². The maximum absolute atomic E-state index is 11.9. The Bertz CT molecular complexity index is 495. The maximum Gasteiger partial charge on any atom is 0.258 e. The highest BCUT2D eigenvalue weighted by molar-refractivity contribution is 5.77. The van der Waals surface area contributed by atoms with Crippen LogP contribution < -0.4 is 10.1 Å². The standard InChI is InChI=1S/C18H27NO3/c1-13-6-8-17(11-14(13)2)22-12-18(20)19-15(3)7-9-16-5-4-10-21-16/h6,8,11,15-16H,4-5,7,9-10,12H2,1-3H3,(H,19,20)/t15-,16+/m0/s1. The predicted octanol–water partition coefficient (Wildman–Crippen LogP) is 3.15. The number of rotatable bonds is 7. The lowest BCUT2D eigenvalue weighted by Gasteiger charge is -2.16. The zero-order valence-corrected chi connectivity index (χ0v) is 13.9. The molecule has 1 saturated heterocycles. The van der Waals surface area contributed by atoms with Crippen LogP contribution >= 0.6 is 0 Å². The lowest BCUT2D eigenvalue weighted by atomic mass is 10.1. The van der Waals surface area contributed by atoms with Crippen LogP contribution in [0.4, 0.5) is 0 Å². The molecule has 4 heteroatoms. The number of carbonyl (C=O) groups excluding carboxylic acids is 1. The maximum atomic E-state index is 11.9. The van der Waals surface area contributed by atoms with Crippen molar-refractivity contribution < 1.29 is 14.3 Å². The molecular weight excluding hydrogens is 278 g/mol. The van der Waals surface area contributed by atoms with Crippen molar-refractivity contribution in [3.8, 4) is 5.75 Å². The topological polar surface area (TPSA) is 47.6 Å². The molecule has 0 aromatic heterocycles. The summed E-state index contributed by atoms with van der Waals surface area (Å²) in [6.45, 7) is 7.07. The van der Waals surface area contributed by atoms with Crippen molar-refractivity contribution in [1.82, 2.24) is 5.32 Å². The van der Waals surface area contributed by atoms with Gasteiger partial charge in [0.15, 0.2) is 6.61 Å². The molecule has 2 rings (SSSR count). The molecule has 1 heterocycles. The SMILES string of the molecule is Cc1ccc(OCC(=O)N[C@@H](C)CC[C@H]2CCCO2)cc1C. The summed E-state index contributed by atoms with van der Waals surface area (Å²) in [7, 11) is 0. The summed E-state index contributed by atoms with van der Waals surface area (Å²) in [6.07, 6.45) is 4.65. The summed E-state index contributed by atoms with van der Waals surface area (Å²) in [5.74, 6) is 0.670. The van der Waals surface area contributed by atoms with Crippen molar-refractivity contribution in [2.24, 2.45) is 0 Å². The van der Waals surface area contributed by atoms with E-state index in [1.54, 1.807) is 0 Å². The molecule has 4 nitrogen and oxygen atoms in total. The molecule has 0 saturated carbocycles. The summed E-state index contributed by atoms with van der Waals surface area (Å²) in [6, 6.07) is 6.02. The molecule has 22 heavy (non-hydrogen) atoms. The Morgan fingerprint density at radius 3 is 2.91 bits per heavy atom. The summed E-state index contributed by atoms with van der Waals surface area (Å²) in [4.78, 5) is 11.9. The fourth-order valence-electron chi connectivity index (χ4n) is 2.65. The van der Waals surface area contributed by atoms with Gasteiger partial charge < -0.3 is 14.8 Å². The molecule has 0 radical (unpaired) electrons. The molecule has 0 bridgehead atoms. The van der Waals surface area contributed by atoms with Gasteiger partial charge in [-0.15, -0.1) is 0 Å². The average Bonchev–Trinajstić information content (AvgIpc) is 3.00. The van der Waals surface area contributed by atoms with Gasteiger partial charge in [-0.1, -0.05) is 6.07 Å². The first-order valence-corrected chi connectivity index (χ1v) is 8.15. The number of carbonyl (C=O) groups is 1. The quantitative estimate of drug-likeness (QED) is 0.842. The molecule has 1 N–H and O–H groups in total. The zero-order valence-electron chi connectivity index (χ0n) is 13.9. The molecule has 122 valence electrons. The van der Waals surface area contributed by atoms with Crippen LogP contribution in [0.15, 0.2) is 18.2 Å². The third kappa shape index (κ3) is 5.34. The Balaban J connectivity index is 1.66. The highest BCUT2D eigenvalue weighted by Crippen LogP contribution is 2.18. The molecule has 1 aromatic carbocycles. The summed E-state index contributed by atoms with van der Waals surface area (Å²) < 4.78 is 11.1. The van der Waals surface area contributed by atoms with E-state index in [1.807, 2.05) is 32.0 Å². The largest absolute Gasteiger partial charge is 0.484 e. The van der Waals surface area contributed by atoms with Crippen LogP contribution in [0.3, 0.4) is 0 Å². The first-order valence-electron chi connectivity index (χ1n) is 8.15. The van der Waals surface area contributed by atoms with Crippen molar-refractivity contribution in [2.45, 2.75) is 58.6 Å². The molecule has 0 aliphatic carbocycles. The predicted molar refractivity (Wildman–Crippen MR) is 87.2 cm³/mol. The van der Waals surface area contributed by atoms with Gasteiger partial charge >= 0.3 is 0 Å². The van der Waals surface area contributed by atoms with E-state index in [0.717, 1.165) is 38.0 Å². The van der Waals surface area contributed by atoms with Crippen molar-refractivity contribution in [2.75, 3.05) is 13.2 Å². The number of hydrogen-bond acceptors (Lipinski definition) is 3. The van der Waals surface area contributed by atoms with Crippen LogP contribution in [-0.4, -0.2) is 31.3 Å². The molecule has 1 fully saturated rings. The second-order valence-corrected chi connectivity index (χ2v) is 6.22. The second-order valence-electron chi connectivity index (χ2n) is 6.22. The van der Waals surface area contributed by atoms with E-state index in [-0.39, 0.29) is 18.6 Å². The van der Waals surface area contributed by atoms with E-state index in [2.05, 4.69) is 12.2 Å². The van der Waals surface area contributed by atoms with Gasteiger partial charge in [-0.2, -0.15) is 0 Å². The van der Waals surface area contributed by atoms with Crippen LogP contribution in [0.25, 0.3) is 0 Å². The fraction of sp³-hybridized carbons (Fsp3) is 0.611. The van der Waals surface area contributed by atoms with E-state index in [0.29, 0.717) is 6.10 Å². The van der Waals surface area contributed by atoms with Gasteiger partial charge in [0, 0.05) is 12.6 Å². The van der Waals surface area contributed by atoms with Crippen molar-refractivity contribution in [1.29, 1.82) is 0 Å². The molecular formula is C18H27NO3. The Morgan fingerprint density at radius 2 is 2.23 bits per heavy atom. The summed E-state index contributed by atoms with van der Waals surface area (Å²) in [5, 5.41) is 2.98. The Labute approximate surface area is 133 Å². The van der Waals surface area contributed by atoms with Crippen LogP contribution in [0.2, 0.25) is 0 Å². The smallest absolute Gasteiger partial charge is 0.258 e. The van der Waals surface area contributed by atoms with Crippen molar-refractivity contribution in [3.63, 3.8) is 0 Å². The lowest BCUT2D eigenvalue weighted by Crippen LogP contribution is -2.36. The lowest BCUT2D eigenvalue weighted by molar-refractivity contribution is -0.123. The van der Waals surface area contributed by atoms with E-state index in [1.165, 1.54) is 11.1 Å². The minimum absolute atomic E-state index is 0.0623. The third-order valence-electron chi connectivity index (χ3n) is 4.20. The molecule has 0 spiro atoms. The van der Waals surface area contributed by atoms with Crippen LogP contribution in [0.1, 0.15) is 43.7 Å². The minimum Gasteiger partial charge on any atom is -0.484 e. The third-order valence-corrected chi connectivity index (χ3v) is 4.20. The van der Waals surface area contributed by atoms with Gasteiger partial charge in [-0.05, 0) is 69.7 Å². The number of hydrogen-bond donors (Lipinski definition) is 1. The molecule has 1 amide bonds. The van der Waals surface area contributed by atoms with E-state index in [9.17, 15) is 4.79 Å². The Hall–Kier alpha value is -1.55. The van der Waals surface area contributed by atoms with Gasteiger partial charge in [-0.3, -0.25) is 4.79 Å². The average molecular weight is 305 g/mol. The first kappa shape index (κ1) is 16.8. The number of aryl methyl sites for hydroxylation is 2. The van der Waals surface area contributed by atoms with Crippen LogP contribution in [-0.2, 0) is 9.53 Å².